The molecule has 4 aliphatic rings. The summed E-state index contributed by atoms with van der Waals surface area (Å²) >= 11 is 0. The fourth-order valence-electron chi connectivity index (χ4n) is 6.30. The first-order chi connectivity index (χ1) is 14.8. The highest BCUT2D eigenvalue weighted by Crippen LogP contribution is 2.43. The van der Waals surface area contributed by atoms with E-state index in [9.17, 15) is 0 Å². The molecule has 0 radical (unpaired) electrons. The molecule has 0 bridgehead atoms. The molecule has 0 unspecified atom stereocenters. The van der Waals surface area contributed by atoms with E-state index < -0.39 is 0 Å². The minimum atomic E-state index is 1.08. The van der Waals surface area contributed by atoms with Crippen LogP contribution in [0.3, 0.4) is 0 Å². The number of hydrogen-bond donors (Lipinski definition) is 0. The first kappa shape index (κ1) is 16.9. The summed E-state index contributed by atoms with van der Waals surface area (Å²) in [6.45, 7) is 0. The molecule has 0 aromatic heterocycles. The van der Waals surface area contributed by atoms with Crippen LogP contribution in [0.2, 0.25) is 0 Å². The first-order valence-corrected chi connectivity index (χ1v) is 11.7. The molecule has 0 aliphatic heterocycles. The number of allylic oxidation sites excluding steroid dienone is 2. The molecule has 146 valence electrons. The largest absolute Gasteiger partial charge is 0.0716 e. The second-order valence-corrected chi connectivity index (χ2v) is 9.45. The lowest BCUT2D eigenvalue weighted by atomic mass is 9.88. The highest BCUT2D eigenvalue weighted by Gasteiger charge is 2.25. The fourth-order valence-corrected chi connectivity index (χ4v) is 6.30. The summed E-state index contributed by atoms with van der Waals surface area (Å²) in [5, 5.41) is 0. The molecule has 0 atom stereocenters. The van der Waals surface area contributed by atoms with Crippen molar-refractivity contribution >= 4 is 11.1 Å². The Labute approximate surface area is 179 Å². The predicted molar refractivity (Wildman–Crippen MR) is 125 cm³/mol. The molecule has 3 aromatic carbocycles. The maximum Gasteiger partial charge on any atom is -0.00817 e. The van der Waals surface area contributed by atoms with Crippen molar-refractivity contribution in [3.8, 4) is 0 Å². The van der Waals surface area contributed by atoms with E-state index in [1.54, 1.807) is 22.3 Å². The van der Waals surface area contributed by atoms with Crippen molar-refractivity contribution in [1.82, 2.24) is 0 Å². The highest BCUT2D eigenvalue weighted by molar-refractivity contribution is 5.95. The van der Waals surface area contributed by atoms with Crippen molar-refractivity contribution in [2.75, 3.05) is 0 Å². The van der Waals surface area contributed by atoms with Crippen molar-refractivity contribution in [2.45, 2.75) is 51.4 Å². The minimum Gasteiger partial charge on any atom is -0.0716 e. The van der Waals surface area contributed by atoms with E-state index in [1.165, 1.54) is 83.1 Å². The smallest absolute Gasteiger partial charge is 0.00817 e. The van der Waals surface area contributed by atoms with Crippen LogP contribution in [-0.4, -0.2) is 0 Å². The maximum atomic E-state index is 2.51. The van der Waals surface area contributed by atoms with Gasteiger partial charge in [-0.3, -0.25) is 0 Å². The quantitative estimate of drug-likeness (QED) is 0.463. The lowest BCUT2D eigenvalue weighted by molar-refractivity contribution is 0.911. The third kappa shape index (κ3) is 2.40. The minimum absolute atomic E-state index is 1.08. The number of aryl methyl sites for hydroxylation is 4. The molecule has 0 fully saturated rings. The van der Waals surface area contributed by atoms with Crippen molar-refractivity contribution in [3.63, 3.8) is 0 Å². The summed E-state index contributed by atoms with van der Waals surface area (Å²) in [5.41, 5.74) is 18.1. The first-order valence-electron chi connectivity index (χ1n) is 11.7. The van der Waals surface area contributed by atoms with Crippen molar-refractivity contribution < 1.29 is 0 Å². The Morgan fingerprint density at radius 2 is 0.867 bits per heavy atom. The molecule has 30 heavy (non-hydrogen) atoms. The molecular weight excluding hydrogens is 360 g/mol. The molecule has 7 rings (SSSR count). The van der Waals surface area contributed by atoms with Crippen LogP contribution in [0.5, 0.6) is 0 Å². The number of rotatable bonds is 2. The molecular formula is C30H26. The summed E-state index contributed by atoms with van der Waals surface area (Å²) in [5.74, 6) is 0. The van der Waals surface area contributed by atoms with Gasteiger partial charge >= 0.3 is 0 Å². The third-order valence-electron chi connectivity index (χ3n) is 7.78. The van der Waals surface area contributed by atoms with Gasteiger partial charge in [0.1, 0.15) is 0 Å². The Morgan fingerprint density at radius 3 is 1.33 bits per heavy atom. The van der Waals surface area contributed by atoms with Crippen molar-refractivity contribution in [3.05, 3.63) is 116 Å². The number of benzene rings is 3. The van der Waals surface area contributed by atoms with E-state index in [-0.39, 0.29) is 0 Å². The lowest BCUT2D eigenvalue weighted by Crippen LogP contribution is -1.97. The lowest BCUT2D eigenvalue weighted by Gasteiger charge is -2.16. The van der Waals surface area contributed by atoms with Crippen LogP contribution >= 0.6 is 0 Å². The Hall–Kier alpha value is -2.86. The predicted octanol–water partition coefficient (Wildman–Crippen LogP) is 6.64. The molecule has 0 spiro atoms. The SMILES string of the molecule is C1=C(c2ccccc2C2=CCc3cc4c(cc32)CCC4)c2cc3c(cc2C1)CCC3. The average molecular weight is 387 g/mol. The van der Waals surface area contributed by atoms with Crippen LogP contribution in [-0.2, 0) is 38.5 Å². The van der Waals surface area contributed by atoms with E-state index in [1.807, 2.05) is 0 Å². The molecule has 0 amide bonds. The monoisotopic (exact) mass is 386 g/mol. The van der Waals surface area contributed by atoms with E-state index in [0.717, 1.165) is 12.8 Å². The standard InChI is InChI=1S/C30H26/c1-2-10-26(28-14-12-24-16-20-6-4-8-22(20)18-30(24)28)25(9-1)27-13-11-23-15-19-5-3-7-21(19)17-29(23)27/h1-2,9-10,13-18H,3-8,11-12H2. The Balaban J connectivity index is 1.35. The summed E-state index contributed by atoms with van der Waals surface area (Å²) < 4.78 is 0. The molecule has 0 saturated carbocycles. The molecule has 0 saturated heterocycles. The summed E-state index contributed by atoms with van der Waals surface area (Å²) in [4.78, 5) is 0. The van der Waals surface area contributed by atoms with Gasteiger partial charge in [0.15, 0.2) is 0 Å². The van der Waals surface area contributed by atoms with Crippen LogP contribution < -0.4 is 0 Å². The van der Waals surface area contributed by atoms with E-state index in [4.69, 9.17) is 0 Å². The van der Waals surface area contributed by atoms with Crippen LogP contribution in [0.1, 0.15) is 68.5 Å². The van der Waals surface area contributed by atoms with Gasteiger partial charge < -0.3 is 0 Å². The molecule has 0 heterocycles. The van der Waals surface area contributed by atoms with Gasteiger partial charge in [-0.1, -0.05) is 60.7 Å². The Bertz CT molecular complexity index is 1180. The molecule has 0 nitrogen and oxygen atoms in total. The van der Waals surface area contributed by atoms with Crippen LogP contribution in [0.25, 0.3) is 11.1 Å². The van der Waals surface area contributed by atoms with E-state index in [0.29, 0.717) is 0 Å². The van der Waals surface area contributed by atoms with Crippen molar-refractivity contribution in [1.29, 1.82) is 0 Å². The van der Waals surface area contributed by atoms with Crippen LogP contribution in [0.4, 0.5) is 0 Å². The number of fused-ring (bicyclic) bond motifs is 4. The van der Waals surface area contributed by atoms with Crippen molar-refractivity contribution in [2.24, 2.45) is 0 Å². The Kier molecular flexibility index (Phi) is 3.56. The molecule has 3 aromatic rings. The zero-order valence-electron chi connectivity index (χ0n) is 17.4. The highest BCUT2D eigenvalue weighted by atomic mass is 14.3. The van der Waals surface area contributed by atoms with Gasteiger partial charge in [0, 0.05) is 0 Å². The fraction of sp³-hybridized carbons (Fsp3) is 0.267. The van der Waals surface area contributed by atoms with Gasteiger partial charge in [-0.25, -0.2) is 0 Å². The second-order valence-electron chi connectivity index (χ2n) is 9.45. The zero-order chi connectivity index (χ0) is 19.7. The van der Waals surface area contributed by atoms with Gasteiger partial charge in [0.25, 0.3) is 0 Å². The molecule has 0 N–H and O–H groups in total. The van der Waals surface area contributed by atoms with Gasteiger partial charge in [0.2, 0.25) is 0 Å². The average Bonchev–Trinajstić information content (AvgIpc) is 3.55. The maximum absolute atomic E-state index is 2.51. The summed E-state index contributed by atoms with van der Waals surface area (Å²) in [6, 6.07) is 19.1. The Morgan fingerprint density at radius 1 is 0.433 bits per heavy atom. The van der Waals surface area contributed by atoms with E-state index >= 15 is 0 Å². The summed E-state index contributed by atoms with van der Waals surface area (Å²) in [6.07, 6.45) is 14.8. The second kappa shape index (κ2) is 6.32. The van der Waals surface area contributed by atoms with Gasteiger partial charge in [-0.15, -0.1) is 0 Å². The topological polar surface area (TPSA) is 0 Å². The van der Waals surface area contributed by atoms with Crippen LogP contribution in [0.15, 0.2) is 60.7 Å². The third-order valence-corrected chi connectivity index (χ3v) is 7.78. The van der Waals surface area contributed by atoms with Gasteiger partial charge in [-0.2, -0.15) is 0 Å². The van der Waals surface area contributed by atoms with E-state index in [2.05, 4.69) is 60.7 Å². The molecule has 4 aliphatic carbocycles. The van der Waals surface area contributed by atoms with Gasteiger partial charge in [0.05, 0.1) is 0 Å². The molecule has 0 heteroatoms. The zero-order valence-corrected chi connectivity index (χ0v) is 17.4. The van der Waals surface area contributed by atoms with Crippen LogP contribution in [0, 0.1) is 0 Å². The number of hydrogen-bond acceptors (Lipinski definition) is 0. The normalized spacial score (nSPS) is 18.0. The summed E-state index contributed by atoms with van der Waals surface area (Å²) in [7, 11) is 0. The van der Waals surface area contributed by atoms with Gasteiger partial charge in [-0.05, 0) is 118 Å².